The molecule has 0 saturated heterocycles. The molecule has 0 amide bonds. The summed E-state index contributed by atoms with van der Waals surface area (Å²) in [6.45, 7) is 0. The summed E-state index contributed by atoms with van der Waals surface area (Å²) in [4.78, 5) is 10.8. The Balaban J connectivity index is 3.46. The molecule has 0 fully saturated rings. The zero-order valence-corrected chi connectivity index (χ0v) is 7.95. The molecule has 0 unspecified atom stereocenters. The minimum absolute atomic E-state index is 0.119. The smallest absolute Gasteiger partial charge is 0.324 e. The third-order valence-electron chi connectivity index (χ3n) is 1.13. The fourth-order valence-electron chi connectivity index (χ4n) is 0.523. The number of rotatable bonds is 5. The van der Waals surface area contributed by atoms with Gasteiger partial charge in [-0.15, -0.1) is 0 Å². The quantitative estimate of drug-likeness (QED) is 0.524. The number of nitrogens with two attached hydrogens (primary N) is 1. The summed E-state index contributed by atoms with van der Waals surface area (Å²) < 4.78 is 4.49. The Bertz CT molecular complexity index is 123. The molecule has 0 radical (unpaired) electrons. The average molecular weight is 198 g/mol. The molecule has 0 heterocycles. The summed E-state index contributed by atoms with van der Waals surface area (Å²) >= 11 is 6.82. The molecule has 66 valence electrons. The van der Waals surface area contributed by atoms with Gasteiger partial charge >= 0.3 is 5.97 Å². The van der Waals surface area contributed by atoms with Crippen LogP contribution in [0.1, 0.15) is 6.42 Å². The number of carbonyl (C=O) groups excluding carboxylic acids is 1. The SMILES string of the molecule is CSCC[C@H](N)C(=O)OCCl. The number of hydrogen-bond donors (Lipinski definition) is 1. The maximum absolute atomic E-state index is 10.8. The number of hydrogen-bond acceptors (Lipinski definition) is 4. The Kier molecular flexibility index (Phi) is 6.80. The first-order chi connectivity index (χ1) is 5.22. The minimum Gasteiger partial charge on any atom is -0.448 e. The maximum atomic E-state index is 10.8. The van der Waals surface area contributed by atoms with Gasteiger partial charge in [-0.3, -0.25) is 4.79 Å². The van der Waals surface area contributed by atoms with Crippen molar-refractivity contribution in [2.75, 3.05) is 18.1 Å². The summed E-state index contributed by atoms with van der Waals surface area (Å²) in [5, 5.41) is 0. The first-order valence-corrected chi connectivity index (χ1v) is 5.12. The van der Waals surface area contributed by atoms with Crippen LogP contribution in [-0.2, 0) is 9.53 Å². The summed E-state index contributed by atoms with van der Waals surface area (Å²) in [7, 11) is 0. The van der Waals surface area contributed by atoms with E-state index in [1.165, 1.54) is 0 Å². The summed E-state index contributed by atoms with van der Waals surface area (Å²) in [5.74, 6) is 0.437. The number of carbonyl (C=O) groups is 1. The van der Waals surface area contributed by atoms with Gasteiger partial charge in [0.25, 0.3) is 0 Å². The van der Waals surface area contributed by atoms with Gasteiger partial charge in [0.1, 0.15) is 6.04 Å². The highest BCUT2D eigenvalue weighted by molar-refractivity contribution is 7.98. The van der Waals surface area contributed by atoms with Crippen LogP contribution in [0.2, 0.25) is 0 Å². The number of esters is 1. The largest absolute Gasteiger partial charge is 0.448 e. The predicted octanol–water partition coefficient (Wildman–Crippen LogP) is 0.806. The highest BCUT2D eigenvalue weighted by Crippen LogP contribution is 2.00. The lowest BCUT2D eigenvalue weighted by molar-refractivity contribution is -0.143. The van der Waals surface area contributed by atoms with Gasteiger partial charge in [-0.25, -0.2) is 0 Å². The molecule has 0 bridgehead atoms. The zero-order chi connectivity index (χ0) is 8.69. The fourth-order valence-corrected chi connectivity index (χ4v) is 1.12. The van der Waals surface area contributed by atoms with E-state index in [4.69, 9.17) is 17.3 Å². The molecular weight excluding hydrogens is 186 g/mol. The van der Waals surface area contributed by atoms with E-state index in [0.717, 1.165) is 5.75 Å². The Hall–Kier alpha value is 0.0700. The lowest BCUT2D eigenvalue weighted by Gasteiger charge is -2.07. The molecule has 0 aliphatic carbocycles. The van der Waals surface area contributed by atoms with E-state index in [0.29, 0.717) is 6.42 Å². The Morgan fingerprint density at radius 1 is 1.82 bits per heavy atom. The third kappa shape index (κ3) is 5.35. The molecule has 2 N–H and O–H groups in total. The molecule has 0 rings (SSSR count). The van der Waals surface area contributed by atoms with Gasteiger partial charge < -0.3 is 10.5 Å². The van der Waals surface area contributed by atoms with E-state index < -0.39 is 12.0 Å². The molecule has 0 spiro atoms. The van der Waals surface area contributed by atoms with E-state index in [-0.39, 0.29) is 6.07 Å². The van der Waals surface area contributed by atoms with Crippen molar-refractivity contribution in [2.45, 2.75) is 12.5 Å². The van der Waals surface area contributed by atoms with E-state index in [2.05, 4.69) is 4.74 Å². The number of alkyl halides is 1. The number of halogens is 1. The van der Waals surface area contributed by atoms with E-state index >= 15 is 0 Å². The molecule has 0 aromatic heterocycles. The first kappa shape index (κ1) is 11.1. The Morgan fingerprint density at radius 2 is 2.45 bits per heavy atom. The molecule has 1 atom stereocenters. The third-order valence-corrected chi connectivity index (χ3v) is 1.89. The Labute approximate surface area is 75.6 Å². The predicted molar refractivity (Wildman–Crippen MR) is 47.8 cm³/mol. The van der Waals surface area contributed by atoms with Gasteiger partial charge in [0.2, 0.25) is 0 Å². The summed E-state index contributed by atoms with van der Waals surface area (Å²) in [6.07, 6.45) is 2.59. The lowest BCUT2D eigenvalue weighted by atomic mass is 10.2. The minimum atomic E-state index is -0.527. The molecule has 0 aromatic rings. The second-order valence-corrected chi connectivity index (χ2v) is 3.16. The second-order valence-electron chi connectivity index (χ2n) is 1.96. The molecule has 11 heavy (non-hydrogen) atoms. The van der Waals surface area contributed by atoms with Gasteiger partial charge in [0.15, 0.2) is 6.07 Å². The van der Waals surface area contributed by atoms with Crippen molar-refractivity contribution < 1.29 is 9.53 Å². The van der Waals surface area contributed by atoms with Gasteiger partial charge in [0.05, 0.1) is 0 Å². The highest BCUT2D eigenvalue weighted by atomic mass is 35.5. The fraction of sp³-hybridized carbons (Fsp3) is 0.833. The van der Waals surface area contributed by atoms with Crippen molar-refractivity contribution in [3.63, 3.8) is 0 Å². The van der Waals surface area contributed by atoms with Crippen molar-refractivity contribution in [2.24, 2.45) is 5.73 Å². The van der Waals surface area contributed by atoms with Crippen molar-refractivity contribution in [1.29, 1.82) is 0 Å². The van der Waals surface area contributed by atoms with Gasteiger partial charge in [-0.2, -0.15) is 11.8 Å². The van der Waals surface area contributed by atoms with Crippen LogP contribution in [0.3, 0.4) is 0 Å². The maximum Gasteiger partial charge on any atom is 0.324 e. The highest BCUT2D eigenvalue weighted by Gasteiger charge is 2.13. The van der Waals surface area contributed by atoms with Crippen LogP contribution in [0.15, 0.2) is 0 Å². The van der Waals surface area contributed by atoms with Crippen LogP contribution in [-0.4, -0.2) is 30.1 Å². The normalized spacial score (nSPS) is 12.6. The average Bonchev–Trinajstić information content (AvgIpc) is 2.00. The van der Waals surface area contributed by atoms with Crippen LogP contribution < -0.4 is 5.73 Å². The van der Waals surface area contributed by atoms with Crippen LogP contribution in [0.5, 0.6) is 0 Å². The molecule has 5 heteroatoms. The number of thioether (sulfide) groups is 1. The van der Waals surface area contributed by atoms with Crippen molar-refractivity contribution in [3.05, 3.63) is 0 Å². The molecule has 0 aromatic carbocycles. The topological polar surface area (TPSA) is 52.3 Å². The second kappa shape index (κ2) is 6.76. The summed E-state index contributed by atoms with van der Waals surface area (Å²) in [5.41, 5.74) is 5.44. The van der Waals surface area contributed by atoms with Crippen molar-refractivity contribution in [1.82, 2.24) is 0 Å². The zero-order valence-electron chi connectivity index (χ0n) is 6.38. The van der Waals surface area contributed by atoms with E-state index in [9.17, 15) is 4.79 Å². The van der Waals surface area contributed by atoms with Crippen molar-refractivity contribution >= 4 is 29.3 Å². The monoisotopic (exact) mass is 197 g/mol. The molecular formula is C6H12ClNO2S. The van der Waals surface area contributed by atoms with E-state index in [1.54, 1.807) is 11.8 Å². The van der Waals surface area contributed by atoms with Gasteiger partial charge in [-0.05, 0) is 18.4 Å². The van der Waals surface area contributed by atoms with Gasteiger partial charge in [0, 0.05) is 0 Å². The van der Waals surface area contributed by atoms with Crippen LogP contribution in [0, 0.1) is 0 Å². The standard InChI is InChI=1S/C6H12ClNO2S/c1-11-3-2-5(8)6(9)10-4-7/h5H,2-4,8H2,1H3/t5-/m0/s1. The first-order valence-electron chi connectivity index (χ1n) is 3.19. The van der Waals surface area contributed by atoms with E-state index in [1.807, 2.05) is 6.26 Å². The molecule has 0 saturated carbocycles. The lowest BCUT2D eigenvalue weighted by Crippen LogP contribution is -2.32. The molecule has 0 aliphatic heterocycles. The van der Waals surface area contributed by atoms with Crippen LogP contribution in [0.25, 0.3) is 0 Å². The van der Waals surface area contributed by atoms with Crippen LogP contribution >= 0.6 is 23.4 Å². The molecule has 3 nitrogen and oxygen atoms in total. The molecule has 0 aliphatic rings. The Morgan fingerprint density at radius 3 is 2.91 bits per heavy atom. The van der Waals surface area contributed by atoms with Crippen LogP contribution in [0.4, 0.5) is 0 Å². The van der Waals surface area contributed by atoms with Crippen molar-refractivity contribution in [3.8, 4) is 0 Å². The van der Waals surface area contributed by atoms with Gasteiger partial charge in [-0.1, -0.05) is 11.6 Å². The summed E-state index contributed by atoms with van der Waals surface area (Å²) in [6, 6.07) is -0.646. The number of ether oxygens (including phenoxy) is 1.